The minimum Gasteiger partial charge on any atom is -0.497 e. The first-order chi connectivity index (χ1) is 20.3. The first-order valence-electron chi connectivity index (χ1n) is 13.8. The number of sulfonamides is 1. The number of carbonyl (C=O) groups is 2. The number of nitrogens with zero attached hydrogens (tertiary/aromatic N) is 2. The molecule has 3 aromatic carbocycles. The maximum absolute atomic E-state index is 14.1. The van der Waals surface area contributed by atoms with E-state index in [1.54, 1.807) is 37.3 Å². The van der Waals surface area contributed by atoms with Gasteiger partial charge in [0.25, 0.3) is 10.0 Å². The number of nitrogens with one attached hydrogen (secondary N) is 1. The number of rotatable bonds is 13. The normalized spacial score (nSPS) is 13.1. The van der Waals surface area contributed by atoms with Crippen molar-refractivity contribution in [3.05, 3.63) is 90.0 Å². The molecule has 2 amide bonds. The molecule has 0 spiro atoms. The lowest BCUT2D eigenvalue weighted by molar-refractivity contribution is -0.140. The molecule has 12 heteroatoms. The molecule has 0 aromatic heterocycles. The molecule has 0 heterocycles. The SMILES string of the molecule is CC[C@@H](C)NC(=O)[C@@H](CC)N(Cc1cccc(OC)c1)C(=O)CN(c1cccc(C(F)(F)F)c1)S(=O)(=O)c1ccccc1. The van der Waals surface area contributed by atoms with Gasteiger partial charge >= 0.3 is 6.18 Å². The van der Waals surface area contributed by atoms with E-state index in [0.717, 1.165) is 12.1 Å². The van der Waals surface area contributed by atoms with Gasteiger partial charge in [0.15, 0.2) is 0 Å². The van der Waals surface area contributed by atoms with Gasteiger partial charge < -0.3 is 15.0 Å². The number of ether oxygens (including phenoxy) is 1. The molecule has 8 nitrogen and oxygen atoms in total. The fraction of sp³-hybridized carbons (Fsp3) is 0.355. The highest BCUT2D eigenvalue weighted by molar-refractivity contribution is 7.92. The molecule has 3 aromatic rings. The summed E-state index contributed by atoms with van der Waals surface area (Å²) in [5.74, 6) is -0.685. The number of hydrogen-bond acceptors (Lipinski definition) is 5. The van der Waals surface area contributed by atoms with Crippen LogP contribution in [0.4, 0.5) is 18.9 Å². The van der Waals surface area contributed by atoms with E-state index < -0.39 is 46.2 Å². The van der Waals surface area contributed by atoms with Crippen molar-refractivity contribution in [3.8, 4) is 5.75 Å². The standard InChI is InChI=1S/C31H36F3N3O5S/c1-5-22(3)35-30(39)28(6-2)36(20-23-12-10-15-26(18-23)42-4)29(38)21-37(43(40,41)27-16-8-7-9-17-27)25-14-11-13-24(19-25)31(32,33)34/h7-19,22,28H,5-6,20-21H2,1-4H3,(H,35,39)/t22-,28-/m1/s1. The Bertz CT molecular complexity index is 1500. The average molecular weight is 620 g/mol. The van der Waals surface area contributed by atoms with E-state index in [4.69, 9.17) is 4.74 Å². The van der Waals surface area contributed by atoms with Gasteiger partial charge in [-0.3, -0.25) is 13.9 Å². The van der Waals surface area contributed by atoms with Crippen molar-refractivity contribution >= 4 is 27.5 Å². The zero-order valence-corrected chi connectivity index (χ0v) is 25.3. The fourth-order valence-electron chi connectivity index (χ4n) is 4.41. The third-order valence-corrected chi connectivity index (χ3v) is 8.73. The molecule has 232 valence electrons. The van der Waals surface area contributed by atoms with Gasteiger partial charge in [0.1, 0.15) is 18.3 Å². The van der Waals surface area contributed by atoms with Crippen LogP contribution in [0, 0.1) is 0 Å². The molecular formula is C31H36F3N3O5S. The van der Waals surface area contributed by atoms with Crippen LogP contribution in [0.15, 0.2) is 83.8 Å². The number of anilines is 1. The van der Waals surface area contributed by atoms with Gasteiger partial charge in [-0.25, -0.2) is 8.42 Å². The molecule has 3 rings (SSSR count). The summed E-state index contributed by atoms with van der Waals surface area (Å²) in [6.45, 7) is 4.50. The van der Waals surface area contributed by atoms with Crippen molar-refractivity contribution in [1.29, 1.82) is 0 Å². The van der Waals surface area contributed by atoms with Crippen LogP contribution >= 0.6 is 0 Å². The van der Waals surface area contributed by atoms with Crippen LogP contribution in [0.25, 0.3) is 0 Å². The number of halogens is 3. The third-order valence-electron chi connectivity index (χ3n) is 6.95. The van der Waals surface area contributed by atoms with Gasteiger partial charge in [-0.05, 0) is 67.8 Å². The number of hydrogen-bond donors (Lipinski definition) is 1. The van der Waals surface area contributed by atoms with Crippen LogP contribution in [0.5, 0.6) is 5.75 Å². The number of benzene rings is 3. The van der Waals surface area contributed by atoms with Crippen molar-refractivity contribution in [1.82, 2.24) is 10.2 Å². The lowest BCUT2D eigenvalue weighted by atomic mass is 10.1. The van der Waals surface area contributed by atoms with Crippen LogP contribution in [-0.2, 0) is 32.3 Å². The quantitative estimate of drug-likeness (QED) is 0.268. The second-order valence-corrected chi connectivity index (χ2v) is 11.9. The lowest BCUT2D eigenvalue weighted by Crippen LogP contribution is -2.53. The van der Waals surface area contributed by atoms with E-state index in [0.29, 0.717) is 28.1 Å². The molecule has 0 saturated heterocycles. The van der Waals surface area contributed by atoms with Gasteiger partial charge in [0.05, 0.1) is 23.3 Å². The van der Waals surface area contributed by atoms with Crippen LogP contribution < -0.4 is 14.4 Å². The predicted molar refractivity (Wildman–Crippen MR) is 158 cm³/mol. The summed E-state index contributed by atoms with van der Waals surface area (Å²) in [6.07, 6.45) is -3.90. The monoisotopic (exact) mass is 619 g/mol. The van der Waals surface area contributed by atoms with Crippen molar-refractivity contribution in [2.45, 2.75) is 63.3 Å². The number of amides is 2. The molecule has 0 fully saturated rings. The van der Waals surface area contributed by atoms with Crippen LogP contribution in [-0.4, -0.2) is 50.9 Å². The molecule has 2 atom stereocenters. The molecule has 1 N–H and O–H groups in total. The molecular weight excluding hydrogens is 583 g/mol. The maximum Gasteiger partial charge on any atom is 0.416 e. The zero-order chi connectivity index (χ0) is 31.8. The summed E-state index contributed by atoms with van der Waals surface area (Å²) in [7, 11) is -3.02. The summed E-state index contributed by atoms with van der Waals surface area (Å²) in [6, 6.07) is 16.6. The first-order valence-corrected chi connectivity index (χ1v) is 15.2. The number of methoxy groups -OCH3 is 1. The molecule has 0 aliphatic heterocycles. The van der Waals surface area contributed by atoms with E-state index in [2.05, 4.69) is 5.32 Å². The Kier molecular flexibility index (Phi) is 11.2. The maximum atomic E-state index is 14.1. The highest BCUT2D eigenvalue weighted by atomic mass is 32.2. The van der Waals surface area contributed by atoms with Gasteiger partial charge in [0.2, 0.25) is 11.8 Å². The van der Waals surface area contributed by atoms with Crippen molar-refractivity contribution in [3.63, 3.8) is 0 Å². The highest BCUT2D eigenvalue weighted by Crippen LogP contribution is 2.33. The Hall–Kier alpha value is -4.06. The van der Waals surface area contributed by atoms with Crippen LogP contribution in [0.3, 0.4) is 0 Å². The Balaban J connectivity index is 2.12. The second-order valence-electron chi connectivity index (χ2n) is 9.99. The lowest BCUT2D eigenvalue weighted by Gasteiger charge is -2.34. The zero-order valence-electron chi connectivity index (χ0n) is 24.5. The summed E-state index contributed by atoms with van der Waals surface area (Å²) >= 11 is 0. The molecule has 0 aliphatic carbocycles. The highest BCUT2D eigenvalue weighted by Gasteiger charge is 2.36. The van der Waals surface area contributed by atoms with Gasteiger partial charge in [-0.15, -0.1) is 0 Å². The van der Waals surface area contributed by atoms with E-state index in [-0.39, 0.29) is 29.6 Å². The van der Waals surface area contributed by atoms with Crippen LogP contribution in [0.1, 0.15) is 44.7 Å². The third kappa shape index (κ3) is 8.50. The topological polar surface area (TPSA) is 96.0 Å². The molecule has 0 unspecified atom stereocenters. The van der Waals surface area contributed by atoms with E-state index >= 15 is 0 Å². The average Bonchev–Trinajstić information content (AvgIpc) is 2.99. The Labute approximate surface area is 250 Å². The summed E-state index contributed by atoms with van der Waals surface area (Å²) < 4.78 is 74.5. The molecule has 43 heavy (non-hydrogen) atoms. The van der Waals surface area contributed by atoms with E-state index in [1.807, 2.05) is 13.8 Å². The number of carbonyl (C=O) groups excluding carboxylic acids is 2. The molecule has 0 radical (unpaired) electrons. The smallest absolute Gasteiger partial charge is 0.416 e. The van der Waals surface area contributed by atoms with E-state index in [1.165, 1.54) is 42.3 Å². The van der Waals surface area contributed by atoms with Crippen molar-refractivity contribution in [2.75, 3.05) is 18.0 Å². The summed E-state index contributed by atoms with van der Waals surface area (Å²) in [5.41, 5.74) is -0.803. The Morgan fingerprint density at radius 1 is 0.930 bits per heavy atom. The molecule has 0 bridgehead atoms. The van der Waals surface area contributed by atoms with Crippen LogP contribution in [0.2, 0.25) is 0 Å². The van der Waals surface area contributed by atoms with Gasteiger partial charge in [0, 0.05) is 12.6 Å². The summed E-state index contributed by atoms with van der Waals surface area (Å²) in [4.78, 5) is 28.5. The molecule has 0 aliphatic rings. The summed E-state index contributed by atoms with van der Waals surface area (Å²) in [5, 5.41) is 2.88. The minimum absolute atomic E-state index is 0.0791. The predicted octanol–water partition coefficient (Wildman–Crippen LogP) is 5.63. The van der Waals surface area contributed by atoms with Gasteiger partial charge in [-0.2, -0.15) is 13.2 Å². The first kappa shape index (κ1) is 33.4. The number of alkyl halides is 3. The van der Waals surface area contributed by atoms with Crippen molar-refractivity contribution in [2.24, 2.45) is 0 Å². The second kappa shape index (κ2) is 14.4. The van der Waals surface area contributed by atoms with Crippen molar-refractivity contribution < 1.29 is 35.9 Å². The van der Waals surface area contributed by atoms with Gasteiger partial charge in [-0.1, -0.05) is 50.2 Å². The van der Waals surface area contributed by atoms with E-state index in [9.17, 15) is 31.2 Å². The Morgan fingerprint density at radius 3 is 2.21 bits per heavy atom. The fourth-order valence-corrected chi connectivity index (χ4v) is 5.84. The molecule has 0 saturated carbocycles. The largest absolute Gasteiger partial charge is 0.497 e. The minimum atomic E-state index is -4.75. The Morgan fingerprint density at radius 2 is 1.60 bits per heavy atom.